The van der Waals surface area contributed by atoms with Gasteiger partial charge in [0.1, 0.15) is 5.60 Å². The van der Waals surface area contributed by atoms with Crippen LogP contribution in [-0.2, 0) is 4.74 Å². The molecular formula is C11H19ClN6O2. The molecule has 2 aliphatic heterocycles. The zero-order chi connectivity index (χ0) is 14.9. The van der Waals surface area contributed by atoms with Gasteiger partial charge in [-0.2, -0.15) is 4.99 Å². The molecule has 0 spiro atoms. The van der Waals surface area contributed by atoms with Gasteiger partial charge < -0.3 is 20.7 Å². The highest BCUT2D eigenvalue weighted by molar-refractivity contribution is 6.29. The van der Waals surface area contributed by atoms with Crippen molar-refractivity contribution in [3.63, 3.8) is 0 Å². The van der Waals surface area contributed by atoms with Crippen molar-refractivity contribution in [1.82, 2.24) is 21.1 Å². The molecule has 0 atom stereocenters. The molecule has 112 valence electrons. The molecule has 0 saturated carbocycles. The number of aliphatic imine (C=N–C) groups is 1. The second-order valence-electron chi connectivity index (χ2n) is 5.64. The fourth-order valence-electron chi connectivity index (χ4n) is 1.68. The van der Waals surface area contributed by atoms with Crippen LogP contribution in [0, 0.1) is 0 Å². The summed E-state index contributed by atoms with van der Waals surface area (Å²) in [6.07, 6.45) is -0.310. The van der Waals surface area contributed by atoms with E-state index in [1.165, 1.54) is 0 Å². The Morgan fingerprint density at radius 3 is 2.70 bits per heavy atom. The van der Waals surface area contributed by atoms with Crippen LogP contribution in [0.2, 0.25) is 0 Å². The molecular weight excluding hydrogens is 284 g/mol. The van der Waals surface area contributed by atoms with Crippen molar-refractivity contribution in [2.45, 2.75) is 32.4 Å². The highest BCUT2D eigenvalue weighted by Gasteiger charge is 2.34. The molecule has 0 radical (unpaired) electrons. The maximum absolute atomic E-state index is 11.7. The summed E-state index contributed by atoms with van der Waals surface area (Å²) in [5.74, 6) is 0.678. The second kappa shape index (κ2) is 5.28. The zero-order valence-electron chi connectivity index (χ0n) is 11.7. The fraction of sp³-hybridized carbons (Fsp3) is 0.636. The predicted molar refractivity (Wildman–Crippen MR) is 75.5 cm³/mol. The predicted octanol–water partition coefficient (Wildman–Crippen LogP) is -0.0168. The SMILES string of the molecule is CC(C)(C)OC(=O)N1CC(NC2=NC(N)=C(Cl)NN2)C1. The Hall–Kier alpha value is -1.83. The molecule has 1 amide bonds. The molecule has 1 saturated heterocycles. The van der Waals surface area contributed by atoms with Crippen LogP contribution >= 0.6 is 11.6 Å². The number of nitrogens with zero attached hydrogens (tertiary/aromatic N) is 2. The smallest absolute Gasteiger partial charge is 0.410 e. The first-order valence-corrected chi connectivity index (χ1v) is 6.63. The highest BCUT2D eigenvalue weighted by Crippen LogP contribution is 2.15. The van der Waals surface area contributed by atoms with E-state index in [1.807, 2.05) is 20.8 Å². The first-order chi connectivity index (χ1) is 9.24. The number of halogens is 1. The van der Waals surface area contributed by atoms with Crippen LogP contribution in [0.3, 0.4) is 0 Å². The number of hydrazine groups is 1. The van der Waals surface area contributed by atoms with Crippen LogP contribution in [-0.4, -0.2) is 41.7 Å². The van der Waals surface area contributed by atoms with Crippen LogP contribution < -0.4 is 21.9 Å². The Labute approximate surface area is 122 Å². The Morgan fingerprint density at radius 2 is 2.15 bits per heavy atom. The van der Waals surface area contributed by atoms with Crippen LogP contribution in [0.4, 0.5) is 4.79 Å². The minimum Gasteiger partial charge on any atom is -0.444 e. The quantitative estimate of drug-likeness (QED) is 0.508. The average Bonchev–Trinajstić information content (AvgIpc) is 2.25. The van der Waals surface area contributed by atoms with Crippen molar-refractivity contribution in [2.75, 3.05) is 13.1 Å². The van der Waals surface area contributed by atoms with Gasteiger partial charge in [-0.15, -0.1) is 0 Å². The van der Waals surface area contributed by atoms with Gasteiger partial charge in [-0.1, -0.05) is 11.6 Å². The maximum atomic E-state index is 11.7. The molecule has 5 N–H and O–H groups in total. The number of carbonyl (C=O) groups is 1. The summed E-state index contributed by atoms with van der Waals surface area (Å²) in [5.41, 5.74) is 10.5. The third-order valence-corrected chi connectivity index (χ3v) is 2.91. The monoisotopic (exact) mass is 302 g/mol. The maximum Gasteiger partial charge on any atom is 0.410 e. The van der Waals surface area contributed by atoms with Gasteiger partial charge in [0, 0.05) is 13.1 Å². The van der Waals surface area contributed by atoms with E-state index >= 15 is 0 Å². The van der Waals surface area contributed by atoms with E-state index in [-0.39, 0.29) is 23.1 Å². The van der Waals surface area contributed by atoms with Gasteiger partial charge >= 0.3 is 6.09 Å². The molecule has 8 nitrogen and oxygen atoms in total. The van der Waals surface area contributed by atoms with Crippen LogP contribution in [0.5, 0.6) is 0 Å². The van der Waals surface area contributed by atoms with Gasteiger partial charge in [-0.3, -0.25) is 10.9 Å². The summed E-state index contributed by atoms with van der Waals surface area (Å²) >= 11 is 5.72. The molecule has 0 unspecified atom stereocenters. The first kappa shape index (κ1) is 14.6. The zero-order valence-corrected chi connectivity index (χ0v) is 12.4. The topological polar surface area (TPSA) is 104 Å². The lowest BCUT2D eigenvalue weighted by molar-refractivity contribution is 0.00699. The number of rotatable bonds is 1. The molecule has 2 rings (SSSR count). The van der Waals surface area contributed by atoms with E-state index in [9.17, 15) is 4.79 Å². The lowest BCUT2D eigenvalue weighted by Crippen LogP contribution is -2.64. The average molecular weight is 303 g/mol. The van der Waals surface area contributed by atoms with Crippen LogP contribution in [0.1, 0.15) is 20.8 Å². The van der Waals surface area contributed by atoms with Crippen LogP contribution in [0.25, 0.3) is 0 Å². The van der Waals surface area contributed by atoms with Gasteiger partial charge in [0.05, 0.1) is 6.04 Å². The number of amides is 1. The largest absolute Gasteiger partial charge is 0.444 e. The summed E-state index contributed by atoms with van der Waals surface area (Å²) in [6, 6.07) is 0.0974. The number of nitrogens with one attached hydrogen (secondary N) is 3. The third kappa shape index (κ3) is 3.60. The minimum absolute atomic E-state index is 0.0974. The van der Waals surface area contributed by atoms with Crippen molar-refractivity contribution in [3.8, 4) is 0 Å². The third-order valence-electron chi connectivity index (χ3n) is 2.62. The molecule has 0 aromatic heterocycles. The number of nitrogens with two attached hydrogens (primary N) is 1. The number of guanidine groups is 1. The van der Waals surface area contributed by atoms with Gasteiger partial charge in [0.15, 0.2) is 11.0 Å². The van der Waals surface area contributed by atoms with E-state index in [2.05, 4.69) is 21.2 Å². The van der Waals surface area contributed by atoms with Gasteiger partial charge in [0.2, 0.25) is 5.96 Å². The summed E-state index contributed by atoms with van der Waals surface area (Å²) in [4.78, 5) is 17.4. The molecule has 9 heteroatoms. The number of hydrogen-bond donors (Lipinski definition) is 4. The van der Waals surface area contributed by atoms with Crippen molar-refractivity contribution < 1.29 is 9.53 Å². The first-order valence-electron chi connectivity index (χ1n) is 6.25. The van der Waals surface area contributed by atoms with E-state index in [0.29, 0.717) is 19.0 Å². The van der Waals surface area contributed by atoms with Gasteiger partial charge in [-0.05, 0) is 20.8 Å². The number of carbonyl (C=O) groups excluding carboxylic acids is 1. The minimum atomic E-state index is -0.482. The molecule has 0 aromatic rings. The number of likely N-dealkylation sites (tertiary alicyclic amines) is 1. The normalized spacial score (nSPS) is 19.6. The number of ether oxygens (including phenoxy) is 1. The molecule has 0 aliphatic carbocycles. The summed E-state index contributed by atoms with van der Waals surface area (Å²) in [7, 11) is 0. The standard InChI is InChI=1S/C11H19ClN6O2/c1-11(2,3)20-10(19)18-4-6(5-18)14-9-15-8(13)7(12)16-17-9/h6,16H,4-5,13H2,1-3H3,(H2,14,15,17). The lowest BCUT2D eigenvalue weighted by Gasteiger charge is -2.40. The number of hydrogen-bond acceptors (Lipinski definition) is 7. The van der Waals surface area contributed by atoms with E-state index in [0.717, 1.165) is 0 Å². The van der Waals surface area contributed by atoms with Crippen molar-refractivity contribution in [3.05, 3.63) is 11.0 Å². The van der Waals surface area contributed by atoms with Gasteiger partial charge in [-0.25, -0.2) is 4.79 Å². The second-order valence-corrected chi connectivity index (χ2v) is 6.01. The molecule has 20 heavy (non-hydrogen) atoms. The van der Waals surface area contributed by atoms with E-state index in [1.54, 1.807) is 4.90 Å². The summed E-state index contributed by atoms with van der Waals surface area (Å²) in [5, 5.41) is 3.36. The Balaban J connectivity index is 1.78. The molecule has 1 fully saturated rings. The molecule has 0 bridgehead atoms. The van der Waals surface area contributed by atoms with Crippen molar-refractivity contribution in [1.29, 1.82) is 0 Å². The van der Waals surface area contributed by atoms with E-state index in [4.69, 9.17) is 22.1 Å². The molecule has 0 aromatic carbocycles. The highest BCUT2D eigenvalue weighted by atomic mass is 35.5. The Morgan fingerprint density at radius 1 is 1.50 bits per heavy atom. The fourth-order valence-corrected chi connectivity index (χ4v) is 1.77. The van der Waals surface area contributed by atoms with Gasteiger partial charge in [0.25, 0.3) is 0 Å². The molecule has 2 aliphatic rings. The molecule has 2 heterocycles. The summed E-state index contributed by atoms with van der Waals surface area (Å²) in [6.45, 7) is 6.61. The van der Waals surface area contributed by atoms with Crippen molar-refractivity contribution in [2.24, 2.45) is 10.7 Å². The van der Waals surface area contributed by atoms with E-state index < -0.39 is 5.60 Å². The Kier molecular flexibility index (Phi) is 3.85. The Bertz CT molecular complexity index is 464. The summed E-state index contributed by atoms with van der Waals surface area (Å²) < 4.78 is 5.27. The van der Waals surface area contributed by atoms with Crippen LogP contribution in [0.15, 0.2) is 16.0 Å². The lowest BCUT2D eigenvalue weighted by atomic mass is 10.1. The van der Waals surface area contributed by atoms with Crippen molar-refractivity contribution >= 4 is 23.7 Å².